The predicted octanol–water partition coefficient (Wildman–Crippen LogP) is 3.14. The maximum absolute atomic E-state index is 12.5. The maximum atomic E-state index is 12.5. The summed E-state index contributed by atoms with van der Waals surface area (Å²) in [7, 11) is 0. The first-order valence-electron chi connectivity index (χ1n) is 9.98. The van der Waals surface area contributed by atoms with Gasteiger partial charge in [-0.15, -0.1) is 11.3 Å². The number of aromatic nitrogens is 1. The summed E-state index contributed by atoms with van der Waals surface area (Å²) in [5, 5.41) is 4.96. The van der Waals surface area contributed by atoms with Gasteiger partial charge in [-0.25, -0.2) is 4.98 Å². The molecule has 1 N–H and O–H groups in total. The van der Waals surface area contributed by atoms with Crippen molar-refractivity contribution in [2.75, 3.05) is 25.0 Å². The minimum atomic E-state index is -0.271. The Bertz CT molecular complexity index is 902. The van der Waals surface area contributed by atoms with Gasteiger partial charge in [0, 0.05) is 24.5 Å². The second-order valence-corrected chi connectivity index (χ2v) is 7.82. The molecule has 1 fully saturated rings. The van der Waals surface area contributed by atoms with Gasteiger partial charge >= 0.3 is 5.97 Å². The van der Waals surface area contributed by atoms with Gasteiger partial charge < -0.3 is 9.64 Å². The fourth-order valence-electron chi connectivity index (χ4n) is 3.22. The number of ether oxygens (including phenoxy) is 1. The van der Waals surface area contributed by atoms with E-state index >= 15 is 0 Å². The van der Waals surface area contributed by atoms with Gasteiger partial charge in [-0.05, 0) is 31.4 Å². The zero-order valence-electron chi connectivity index (χ0n) is 16.9. The smallest absolute Gasteiger partial charge is 0.309 e. The van der Waals surface area contributed by atoms with Gasteiger partial charge in [-0.3, -0.25) is 19.7 Å². The van der Waals surface area contributed by atoms with Crippen LogP contribution in [0, 0.1) is 5.92 Å². The Morgan fingerprint density at radius 3 is 2.67 bits per heavy atom. The number of amides is 2. The van der Waals surface area contributed by atoms with E-state index in [0.717, 1.165) is 5.56 Å². The van der Waals surface area contributed by atoms with Crippen molar-refractivity contribution >= 4 is 40.3 Å². The summed E-state index contributed by atoms with van der Waals surface area (Å²) in [6.45, 7) is 3.25. The van der Waals surface area contributed by atoms with Crippen molar-refractivity contribution < 1.29 is 19.1 Å². The van der Waals surface area contributed by atoms with E-state index in [4.69, 9.17) is 4.74 Å². The molecule has 0 saturated carbocycles. The second-order valence-electron chi connectivity index (χ2n) is 6.96. The molecular weight excluding hydrogens is 402 g/mol. The summed E-state index contributed by atoms with van der Waals surface area (Å²) < 4.78 is 5.06. The van der Waals surface area contributed by atoms with Crippen LogP contribution in [0.5, 0.6) is 0 Å². The third-order valence-electron chi connectivity index (χ3n) is 4.81. The van der Waals surface area contributed by atoms with Crippen molar-refractivity contribution in [2.24, 2.45) is 5.92 Å². The lowest BCUT2D eigenvalue weighted by Gasteiger charge is -2.30. The van der Waals surface area contributed by atoms with E-state index in [0.29, 0.717) is 43.4 Å². The molecule has 1 aliphatic rings. The Morgan fingerprint density at radius 2 is 1.97 bits per heavy atom. The number of carbonyl (C=O) groups is 3. The fourth-order valence-corrected chi connectivity index (χ4v) is 3.93. The Labute approximate surface area is 179 Å². The standard InChI is InChI=1S/C22H25N3O4S/c1-2-29-21(28)17-10-12-25(13-11-17)20(27)14-18-15-30-22(23-18)24-19(26)9-8-16-6-4-3-5-7-16/h3-9,15,17H,2,10-14H2,1H3,(H,23,24,26). The molecule has 0 atom stereocenters. The largest absolute Gasteiger partial charge is 0.466 e. The van der Waals surface area contributed by atoms with Crippen LogP contribution in [-0.4, -0.2) is 47.4 Å². The van der Waals surface area contributed by atoms with E-state index in [1.54, 1.807) is 23.3 Å². The fraction of sp³-hybridized carbons (Fsp3) is 0.364. The number of likely N-dealkylation sites (tertiary alicyclic amines) is 1. The Kier molecular flexibility index (Phi) is 7.73. The molecule has 2 amide bonds. The molecule has 30 heavy (non-hydrogen) atoms. The summed E-state index contributed by atoms with van der Waals surface area (Å²) in [6, 6.07) is 9.54. The third-order valence-corrected chi connectivity index (χ3v) is 5.62. The highest BCUT2D eigenvalue weighted by molar-refractivity contribution is 7.14. The molecule has 1 aromatic carbocycles. The van der Waals surface area contributed by atoms with Crippen LogP contribution in [0.2, 0.25) is 0 Å². The summed E-state index contributed by atoms with van der Waals surface area (Å²) in [5.74, 6) is -0.596. The number of nitrogens with zero attached hydrogens (tertiary/aromatic N) is 2. The lowest BCUT2D eigenvalue weighted by molar-refractivity contribution is -0.151. The number of hydrogen-bond donors (Lipinski definition) is 1. The van der Waals surface area contributed by atoms with E-state index in [1.165, 1.54) is 17.4 Å². The molecule has 3 rings (SSSR count). The highest BCUT2D eigenvalue weighted by Crippen LogP contribution is 2.21. The third kappa shape index (κ3) is 6.25. The lowest BCUT2D eigenvalue weighted by atomic mass is 9.97. The van der Waals surface area contributed by atoms with Crippen molar-refractivity contribution in [1.29, 1.82) is 0 Å². The highest BCUT2D eigenvalue weighted by atomic mass is 32.1. The molecule has 8 heteroatoms. The Morgan fingerprint density at radius 1 is 1.23 bits per heavy atom. The van der Waals surface area contributed by atoms with Crippen molar-refractivity contribution in [2.45, 2.75) is 26.2 Å². The molecule has 0 spiro atoms. The van der Waals surface area contributed by atoms with Gasteiger partial charge in [0.1, 0.15) is 0 Å². The van der Waals surface area contributed by atoms with Crippen molar-refractivity contribution in [3.8, 4) is 0 Å². The number of nitrogens with one attached hydrogen (secondary N) is 1. The monoisotopic (exact) mass is 427 g/mol. The van der Waals surface area contributed by atoms with Crippen molar-refractivity contribution in [3.63, 3.8) is 0 Å². The zero-order valence-corrected chi connectivity index (χ0v) is 17.7. The molecule has 7 nitrogen and oxygen atoms in total. The van der Waals surface area contributed by atoms with Gasteiger partial charge in [-0.1, -0.05) is 30.3 Å². The molecule has 1 aromatic heterocycles. The van der Waals surface area contributed by atoms with Gasteiger partial charge in [0.25, 0.3) is 0 Å². The van der Waals surface area contributed by atoms with Crippen LogP contribution in [0.25, 0.3) is 6.08 Å². The predicted molar refractivity (Wildman–Crippen MR) is 116 cm³/mol. The summed E-state index contributed by atoms with van der Waals surface area (Å²) in [4.78, 5) is 42.5. The van der Waals surface area contributed by atoms with Gasteiger partial charge in [0.05, 0.1) is 24.6 Å². The number of thiazole rings is 1. The zero-order chi connectivity index (χ0) is 21.3. The SMILES string of the molecule is CCOC(=O)C1CCN(C(=O)Cc2csc(NC(=O)C=Cc3ccccc3)n2)CC1. The minimum Gasteiger partial charge on any atom is -0.466 e. The normalized spacial score (nSPS) is 14.6. The van der Waals surface area contributed by atoms with Crippen LogP contribution in [0.1, 0.15) is 31.0 Å². The van der Waals surface area contributed by atoms with Crippen LogP contribution in [0.4, 0.5) is 5.13 Å². The van der Waals surface area contributed by atoms with E-state index in [2.05, 4.69) is 10.3 Å². The van der Waals surface area contributed by atoms with Gasteiger partial charge in [0.2, 0.25) is 11.8 Å². The number of esters is 1. The van der Waals surface area contributed by atoms with Gasteiger partial charge in [0.15, 0.2) is 5.13 Å². The number of rotatable bonds is 7. The molecule has 158 valence electrons. The molecule has 2 heterocycles. The first-order chi connectivity index (χ1) is 14.5. The first-order valence-corrected chi connectivity index (χ1v) is 10.9. The van der Waals surface area contributed by atoms with Crippen LogP contribution < -0.4 is 5.32 Å². The first kappa shape index (κ1) is 21.7. The maximum Gasteiger partial charge on any atom is 0.309 e. The Balaban J connectivity index is 1.46. The average Bonchev–Trinajstić information content (AvgIpc) is 3.19. The van der Waals surface area contributed by atoms with Gasteiger partial charge in [-0.2, -0.15) is 0 Å². The number of piperidine rings is 1. The lowest BCUT2D eigenvalue weighted by Crippen LogP contribution is -2.41. The number of benzene rings is 1. The van der Waals surface area contributed by atoms with E-state index < -0.39 is 0 Å². The van der Waals surface area contributed by atoms with Crippen LogP contribution >= 0.6 is 11.3 Å². The highest BCUT2D eigenvalue weighted by Gasteiger charge is 2.28. The number of hydrogen-bond acceptors (Lipinski definition) is 6. The van der Waals surface area contributed by atoms with E-state index in [-0.39, 0.29) is 30.1 Å². The van der Waals surface area contributed by atoms with Crippen LogP contribution in [0.3, 0.4) is 0 Å². The Hall–Kier alpha value is -3.00. The minimum absolute atomic E-state index is 0.0236. The van der Waals surface area contributed by atoms with E-state index in [1.807, 2.05) is 30.3 Å². The molecule has 1 saturated heterocycles. The molecular formula is C22H25N3O4S. The molecule has 1 aliphatic heterocycles. The summed E-state index contributed by atoms with van der Waals surface area (Å²) >= 11 is 1.29. The summed E-state index contributed by atoms with van der Waals surface area (Å²) in [6.07, 6.45) is 4.60. The molecule has 0 radical (unpaired) electrons. The van der Waals surface area contributed by atoms with Crippen LogP contribution in [-0.2, 0) is 25.5 Å². The molecule has 0 bridgehead atoms. The van der Waals surface area contributed by atoms with Crippen molar-refractivity contribution in [1.82, 2.24) is 9.88 Å². The summed E-state index contributed by atoms with van der Waals surface area (Å²) in [5.41, 5.74) is 1.56. The van der Waals surface area contributed by atoms with Crippen LogP contribution in [0.15, 0.2) is 41.8 Å². The average molecular weight is 428 g/mol. The second kappa shape index (κ2) is 10.7. The molecule has 0 unspecified atom stereocenters. The number of anilines is 1. The molecule has 2 aromatic rings. The topological polar surface area (TPSA) is 88.6 Å². The van der Waals surface area contributed by atoms with E-state index in [9.17, 15) is 14.4 Å². The number of carbonyl (C=O) groups excluding carboxylic acids is 3. The van der Waals surface area contributed by atoms with Crippen molar-refractivity contribution in [3.05, 3.63) is 53.0 Å². The quantitative estimate of drug-likeness (QED) is 0.542. The molecule has 0 aliphatic carbocycles.